The Labute approximate surface area is 478 Å². The molecule has 0 aromatic heterocycles. The van der Waals surface area contributed by atoms with Crippen molar-refractivity contribution in [1.82, 2.24) is 0 Å². The van der Waals surface area contributed by atoms with Gasteiger partial charge in [-0.25, -0.2) is 0 Å². The minimum absolute atomic E-state index is 0.0296. The molecule has 0 aliphatic heterocycles. The molecule has 0 aromatic rings. The molecular weight excluding hydrogens is 978 g/mol. The Bertz CT molecular complexity index is 1390. The number of quaternary nitrogens is 1. The largest absolute Gasteiger partial charge is 0.756 e. The van der Waals surface area contributed by atoms with Crippen molar-refractivity contribution in [2.24, 2.45) is 0 Å². The molecule has 0 saturated heterocycles. The van der Waals surface area contributed by atoms with Crippen molar-refractivity contribution in [2.75, 3.05) is 47.5 Å². The maximum Gasteiger partial charge on any atom is 0.306 e. The first-order chi connectivity index (χ1) is 37.5. The standard InChI is InChI=1S/C67H128NO8P/c1-6-8-10-12-14-16-18-20-21-22-23-24-25-26-27-28-29-30-31-32-33-34-35-36-37-38-39-40-41-42-43-44-45-46-47-48-50-52-54-56-58-60-67(70)76-65(64-75-77(71,72)74-62-61-68(3,4)5)63-73-66(69)59-57-55-53-51-49-19-17-15-13-11-9-7-2/h15,17-18,20,22-23,65H,6-14,16,19,21,24-64H2,1-5H3/b17-15-,20-18-,23-22-. The molecule has 0 aliphatic carbocycles. The SMILES string of the molecule is CCCCC/C=C\CCCCCCCC(=O)OCC(COP(=O)([O-])OCC[N+](C)(C)C)OC(=O)CCCCCCCCCCCCCCCCCCCCCCCCCCCCCCC/C=C\C/C=C\CCCCCCC. The highest BCUT2D eigenvalue weighted by molar-refractivity contribution is 7.45. The molecule has 0 heterocycles. The molecule has 454 valence electrons. The first kappa shape index (κ1) is 75.2. The molecule has 0 aromatic carbocycles. The van der Waals surface area contributed by atoms with E-state index in [4.69, 9.17) is 18.5 Å². The fraction of sp³-hybridized carbons (Fsp3) is 0.881. The van der Waals surface area contributed by atoms with E-state index in [1.807, 2.05) is 21.1 Å². The third-order valence-electron chi connectivity index (χ3n) is 14.9. The van der Waals surface area contributed by atoms with Gasteiger partial charge in [0.05, 0.1) is 27.7 Å². The molecule has 0 N–H and O–H groups in total. The second kappa shape index (κ2) is 58.9. The first-order valence-electron chi connectivity index (χ1n) is 33.2. The Balaban J connectivity index is 3.81. The third-order valence-corrected chi connectivity index (χ3v) is 15.8. The van der Waals surface area contributed by atoms with E-state index in [-0.39, 0.29) is 32.0 Å². The van der Waals surface area contributed by atoms with Crippen LogP contribution in [0.3, 0.4) is 0 Å². The highest BCUT2D eigenvalue weighted by Crippen LogP contribution is 2.38. The molecule has 0 aliphatic rings. The van der Waals surface area contributed by atoms with E-state index in [0.29, 0.717) is 17.4 Å². The summed E-state index contributed by atoms with van der Waals surface area (Å²) in [4.78, 5) is 37.8. The van der Waals surface area contributed by atoms with E-state index in [2.05, 4.69) is 50.3 Å². The van der Waals surface area contributed by atoms with Crippen LogP contribution in [-0.2, 0) is 32.7 Å². The van der Waals surface area contributed by atoms with E-state index in [9.17, 15) is 19.0 Å². The molecule has 10 heteroatoms. The number of hydrogen-bond donors (Lipinski definition) is 0. The molecule has 2 unspecified atom stereocenters. The Morgan fingerprint density at radius 3 is 1.06 bits per heavy atom. The summed E-state index contributed by atoms with van der Waals surface area (Å²) in [6.45, 7) is 4.23. The van der Waals surface area contributed by atoms with Gasteiger partial charge in [0, 0.05) is 12.8 Å². The van der Waals surface area contributed by atoms with E-state index in [0.717, 1.165) is 57.8 Å². The molecule has 0 fully saturated rings. The van der Waals surface area contributed by atoms with Crippen LogP contribution in [0.1, 0.15) is 328 Å². The molecule has 0 radical (unpaired) electrons. The maximum absolute atomic E-state index is 12.8. The predicted molar refractivity (Wildman–Crippen MR) is 328 cm³/mol. The van der Waals surface area contributed by atoms with Crippen LogP contribution >= 0.6 is 7.82 Å². The Morgan fingerprint density at radius 1 is 0.403 bits per heavy atom. The van der Waals surface area contributed by atoms with E-state index >= 15 is 0 Å². The van der Waals surface area contributed by atoms with E-state index < -0.39 is 26.5 Å². The van der Waals surface area contributed by atoms with E-state index in [1.165, 1.54) is 238 Å². The number of nitrogens with zero attached hydrogens (tertiary/aromatic N) is 1. The van der Waals surface area contributed by atoms with Gasteiger partial charge in [-0.15, -0.1) is 0 Å². The number of phosphoric acid groups is 1. The number of rotatable bonds is 62. The molecule has 9 nitrogen and oxygen atoms in total. The molecule has 0 spiro atoms. The average molecular weight is 1110 g/mol. The summed E-state index contributed by atoms with van der Waals surface area (Å²) in [6, 6.07) is 0. The fourth-order valence-electron chi connectivity index (χ4n) is 9.74. The Hall–Kier alpha value is -1.77. The summed E-state index contributed by atoms with van der Waals surface area (Å²) in [6.07, 6.45) is 74.0. The fourth-order valence-corrected chi connectivity index (χ4v) is 10.5. The van der Waals surface area contributed by atoms with Gasteiger partial charge in [0.25, 0.3) is 7.82 Å². The molecule has 77 heavy (non-hydrogen) atoms. The number of esters is 2. The second-order valence-corrected chi connectivity index (χ2v) is 25.2. The van der Waals surface area contributed by atoms with Crippen LogP contribution in [0.5, 0.6) is 0 Å². The third kappa shape index (κ3) is 63.3. The highest BCUT2D eigenvalue weighted by Gasteiger charge is 2.22. The molecule has 0 rings (SSSR count). The summed E-state index contributed by atoms with van der Waals surface area (Å²) in [5.41, 5.74) is 0. The van der Waals surface area contributed by atoms with Crippen LogP contribution in [0, 0.1) is 0 Å². The van der Waals surface area contributed by atoms with Crippen LogP contribution in [0.2, 0.25) is 0 Å². The van der Waals surface area contributed by atoms with Gasteiger partial charge in [0.1, 0.15) is 19.8 Å². The summed E-state index contributed by atoms with van der Waals surface area (Å²) in [5, 5.41) is 0. The number of carbonyl (C=O) groups excluding carboxylic acids is 2. The lowest BCUT2D eigenvalue weighted by atomic mass is 10.0. The van der Waals surface area contributed by atoms with Gasteiger partial charge in [-0.2, -0.15) is 0 Å². The van der Waals surface area contributed by atoms with Crippen molar-refractivity contribution >= 4 is 19.8 Å². The predicted octanol–water partition coefficient (Wildman–Crippen LogP) is 20.5. The number of ether oxygens (including phenoxy) is 2. The van der Waals surface area contributed by atoms with Crippen LogP contribution in [0.15, 0.2) is 36.5 Å². The lowest BCUT2D eigenvalue weighted by molar-refractivity contribution is -0.870. The number of unbranched alkanes of at least 4 members (excludes halogenated alkanes) is 42. The number of carbonyl (C=O) groups is 2. The summed E-state index contributed by atoms with van der Waals surface area (Å²) in [7, 11) is 1.18. The zero-order valence-corrected chi connectivity index (χ0v) is 52.6. The smallest absolute Gasteiger partial charge is 0.306 e. The summed E-state index contributed by atoms with van der Waals surface area (Å²) < 4.78 is 34.1. The molecule has 2 atom stereocenters. The Morgan fingerprint density at radius 2 is 0.701 bits per heavy atom. The lowest BCUT2D eigenvalue weighted by Crippen LogP contribution is -2.37. The lowest BCUT2D eigenvalue weighted by Gasteiger charge is -2.28. The summed E-state index contributed by atoms with van der Waals surface area (Å²) >= 11 is 0. The van der Waals surface area contributed by atoms with Crippen LogP contribution in [-0.4, -0.2) is 70.0 Å². The number of phosphoric ester groups is 1. The van der Waals surface area contributed by atoms with Gasteiger partial charge >= 0.3 is 11.9 Å². The zero-order chi connectivity index (χ0) is 56.3. The topological polar surface area (TPSA) is 111 Å². The molecule has 0 amide bonds. The van der Waals surface area contributed by atoms with Gasteiger partial charge in [-0.3, -0.25) is 14.2 Å². The quantitative estimate of drug-likeness (QED) is 0.0195. The van der Waals surface area contributed by atoms with Crippen molar-refractivity contribution in [2.45, 2.75) is 335 Å². The number of likely N-dealkylation sites (N-methyl/N-ethyl adjacent to an activating group) is 1. The van der Waals surface area contributed by atoms with Gasteiger partial charge in [-0.1, -0.05) is 281 Å². The monoisotopic (exact) mass is 1110 g/mol. The van der Waals surface area contributed by atoms with Crippen molar-refractivity contribution in [3.63, 3.8) is 0 Å². The van der Waals surface area contributed by atoms with Gasteiger partial charge in [-0.05, 0) is 70.6 Å². The van der Waals surface area contributed by atoms with Crippen LogP contribution in [0.4, 0.5) is 0 Å². The minimum Gasteiger partial charge on any atom is -0.756 e. The normalized spacial score (nSPS) is 13.4. The van der Waals surface area contributed by atoms with Crippen molar-refractivity contribution in [3.05, 3.63) is 36.5 Å². The average Bonchev–Trinajstić information content (AvgIpc) is 3.39. The van der Waals surface area contributed by atoms with Crippen LogP contribution in [0.25, 0.3) is 0 Å². The second-order valence-electron chi connectivity index (χ2n) is 23.8. The van der Waals surface area contributed by atoms with Crippen LogP contribution < -0.4 is 4.89 Å². The van der Waals surface area contributed by atoms with Gasteiger partial charge < -0.3 is 27.9 Å². The van der Waals surface area contributed by atoms with Gasteiger partial charge in [0.2, 0.25) is 0 Å². The maximum atomic E-state index is 12.8. The summed E-state index contributed by atoms with van der Waals surface area (Å²) in [5.74, 6) is -0.830. The molecule has 0 saturated carbocycles. The number of hydrogen-bond acceptors (Lipinski definition) is 8. The van der Waals surface area contributed by atoms with Crippen molar-refractivity contribution in [3.8, 4) is 0 Å². The number of allylic oxidation sites excluding steroid dienone is 6. The van der Waals surface area contributed by atoms with Crippen molar-refractivity contribution < 1.29 is 42.1 Å². The minimum atomic E-state index is -4.63. The Kier molecular flexibility index (Phi) is 57.5. The highest BCUT2D eigenvalue weighted by atomic mass is 31.2. The van der Waals surface area contributed by atoms with E-state index in [1.54, 1.807) is 0 Å². The zero-order valence-electron chi connectivity index (χ0n) is 51.7. The molecule has 0 bridgehead atoms. The first-order valence-corrected chi connectivity index (χ1v) is 34.7. The van der Waals surface area contributed by atoms with Crippen molar-refractivity contribution in [1.29, 1.82) is 0 Å². The van der Waals surface area contributed by atoms with Gasteiger partial charge in [0.15, 0.2) is 6.10 Å². The molecular formula is C67H128NO8P.